The molecule has 0 saturated heterocycles. The van der Waals surface area contributed by atoms with Crippen LogP contribution in [0.15, 0.2) is 41.5 Å². The summed E-state index contributed by atoms with van der Waals surface area (Å²) in [7, 11) is 0. The third-order valence-electron chi connectivity index (χ3n) is 2.57. The highest BCUT2D eigenvalue weighted by Gasteiger charge is 2.06. The Morgan fingerprint density at radius 3 is 2.43 bits per heavy atom. The van der Waals surface area contributed by atoms with Crippen molar-refractivity contribution < 1.29 is 15.0 Å². The number of nitrogens with zero attached hydrogens (tertiary/aromatic N) is 1. The van der Waals surface area contributed by atoms with Crippen molar-refractivity contribution in [2.45, 2.75) is 0 Å². The lowest BCUT2D eigenvalue weighted by Crippen LogP contribution is -2.17. The van der Waals surface area contributed by atoms with E-state index in [1.54, 1.807) is 0 Å². The Bertz CT molecular complexity index is 700. The maximum atomic E-state index is 11.7. The molecule has 0 unspecified atom stereocenters. The zero-order valence-corrected chi connectivity index (χ0v) is 12.1. The van der Waals surface area contributed by atoms with Gasteiger partial charge in [0.2, 0.25) is 0 Å². The van der Waals surface area contributed by atoms with E-state index in [1.807, 2.05) is 0 Å². The summed E-state index contributed by atoms with van der Waals surface area (Å²) >= 11 is 11.7. The number of phenolic OH excluding ortho intramolecular Hbond substituents is 2. The van der Waals surface area contributed by atoms with Gasteiger partial charge in [0.15, 0.2) is 0 Å². The van der Waals surface area contributed by atoms with E-state index in [4.69, 9.17) is 28.3 Å². The molecule has 2 aromatic rings. The van der Waals surface area contributed by atoms with Gasteiger partial charge in [0.1, 0.15) is 11.5 Å². The predicted octanol–water partition coefficient (Wildman–Crippen LogP) is 3.17. The van der Waals surface area contributed by atoms with Gasteiger partial charge in [-0.3, -0.25) is 4.79 Å². The van der Waals surface area contributed by atoms with E-state index < -0.39 is 5.91 Å². The number of carbonyl (C=O) groups excluding carboxylic acids is 1. The van der Waals surface area contributed by atoms with Crippen LogP contribution >= 0.6 is 23.2 Å². The summed E-state index contributed by atoms with van der Waals surface area (Å²) in [6.45, 7) is 0. The van der Waals surface area contributed by atoms with Crippen LogP contribution in [0.25, 0.3) is 0 Å². The molecule has 0 saturated carbocycles. The van der Waals surface area contributed by atoms with Crippen LogP contribution in [0.4, 0.5) is 0 Å². The molecule has 0 heterocycles. The summed E-state index contributed by atoms with van der Waals surface area (Å²) in [5, 5.41) is 22.6. The van der Waals surface area contributed by atoms with Crippen LogP contribution in [0.5, 0.6) is 11.5 Å². The van der Waals surface area contributed by atoms with Crippen molar-refractivity contribution in [1.29, 1.82) is 0 Å². The monoisotopic (exact) mass is 324 g/mol. The van der Waals surface area contributed by atoms with Crippen LogP contribution in [0.2, 0.25) is 10.0 Å². The maximum absolute atomic E-state index is 11.7. The Hall–Kier alpha value is -2.24. The second kappa shape index (κ2) is 6.47. The highest BCUT2D eigenvalue weighted by atomic mass is 35.5. The molecular weight excluding hydrogens is 315 g/mol. The Balaban J connectivity index is 2.07. The molecule has 0 fully saturated rings. The van der Waals surface area contributed by atoms with Crippen LogP contribution in [0.3, 0.4) is 0 Å². The van der Waals surface area contributed by atoms with Crippen molar-refractivity contribution in [2.75, 3.05) is 0 Å². The van der Waals surface area contributed by atoms with Gasteiger partial charge in [0.05, 0.1) is 16.3 Å². The van der Waals surface area contributed by atoms with E-state index >= 15 is 0 Å². The zero-order chi connectivity index (χ0) is 15.4. The second-order valence-corrected chi connectivity index (χ2v) is 4.89. The summed E-state index contributed by atoms with van der Waals surface area (Å²) in [6, 6.07) is 8.43. The molecule has 0 aliphatic heterocycles. The van der Waals surface area contributed by atoms with Crippen molar-refractivity contribution in [3.8, 4) is 11.5 Å². The Morgan fingerprint density at radius 2 is 1.76 bits per heavy atom. The fraction of sp³-hybridized carbons (Fsp3) is 0. The largest absolute Gasteiger partial charge is 0.508 e. The average Bonchev–Trinajstić information content (AvgIpc) is 2.45. The number of hydrogen-bond acceptors (Lipinski definition) is 4. The van der Waals surface area contributed by atoms with E-state index in [0.29, 0.717) is 11.1 Å². The number of aromatic hydroxyl groups is 2. The van der Waals surface area contributed by atoms with Gasteiger partial charge in [-0.25, -0.2) is 5.43 Å². The lowest BCUT2D eigenvalue weighted by atomic mass is 10.2. The number of hydrazone groups is 1. The third-order valence-corrected chi connectivity index (χ3v) is 3.20. The van der Waals surface area contributed by atoms with Gasteiger partial charge < -0.3 is 10.2 Å². The molecule has 0 atom stereocenters. The molecule has 0 aromatic heterocycles. The van der Waals surface area contributed by atoms with Gasteiger partial charge in [-0.05, 0) is 30.3 Å². The summed E-state index contributed by atoms with van der Waals surface area (Å²) < 4.78 is 0. The first kappa shape index (κ1) is 15.2. The lowest BCUT2D eigenvalue weighted by Gasteiger charge is -2.02. The second-order valence-electron chi connectivity index (χ2n) is 4.07. The molecule has 0 aliphatic rings. The first-order valence-corrected chi connectivity index (χ1v) is 6.53. The molecule has 7 heteroatoms. The zero-order valence-electron chi connectivity index (χ0n) is 10.5. The predicted molar refractivity (Wildman–Crippen MR) is 81.3 cm³/mol. The summed E-state index contributed by atoms with van der Waals surface area (Å²) in [6.07, 6.45) is 1.31. The molecule has 0 aliphatic carbocycles. The van der Waals surface area contributed by atoms with Crippen molar-refractivity contribution in [1.82, 2.24) is 5.43 Å². The van der Waals surface area contributed by atoms with Crippen molar-refractivity contribution in [2.24, 2.45) is 5.10 Å². The normalized spacial score (nSPS) is 10.8. The molecule has 0 radical (unpaired) electrons. The topological polar surface area (TPSA) is 81.9 Å². The minimum atomic E-state index is -0.438. The van der Waals surface area contributed by atoms with Crippen LogP contribution < -0.4 is 5.43 Å². The summed E-state index contributed by atoms with van der Waals surface area (Å²) in [4.78, 5) is 11.7. The molecule has 2 aromatic carbocycles. The van der Waals surface area contributed by atoms with Crippen LogP contribution in [-0.4, -0.2) is 22.3 Å². The quantitative estimate of drug-likeness (QED) is 0.599. The van der Waals surface area contributed by atoms with E-state index in [-0.39, 0.29) is 21.5 Å². The molecular formula is C14H10Cl2N2O3. The van der Waals surface area contributed by atoms with Crippen LogP contribution in [0, 0.1) is 0 Å². The third kappa shape index (κ3) is 3.87. The van der Waals surface area contributed by atoms with Gasteiger partial charge >= 0.3 is 0 Å². The van der Waals surface area contributed by atoms with E-state index in [9.17, 15) is 9.90 Å². The number of rotatable bonds is 3. The molecule has 5 nitrogen and oxygen atoms in total. The minimum absolute atomic E-state index is 0.0700. The van der Waals surface area contributed by atoms with E-state index in [0.717, 1.165) is 0 Å². The standard InChI is InChI=1S/C14H10Cl2N2O3/c15-11-6-13(20)12(16)5-9(11)7-17-18-14(21)8-1-3-10(19)4-2-8/h1-7,19-20H,(H,18,21)/b17-7+. The molecule has 0 spiro atoms. The first-order chi connectivity index (χ1) is 9.97. The molecule has 2 rings (SSSR count). The minimum Gasteiger partial charge on any atom is -0.508 e. The smallest absolute Gasteiger partial charge is 0.271 e. The van der Waals surface area contributed by atoms with Crippen molar-refractivity contribution >= 4 is 35.3 Å². The molecule has 1 amide bonds. The number of halogens is 2. The highest BCUT2D eigenvalue weighted by molar-refractivity contribution is 6.36. The van der Waals surface area contributed by atoms with Crippen LogP contribution in [0.1, 0.15) is 15.9 Å². The number of phenols is 2. The fourth-order valence-corrected chi connectivity index (χ4v) is 1.87. The fourth-order valence-electron chi connectivity index (χ4n) is 1.49. The van der Waals surface area contributed by atoms with Crippen molar-refractivity contribution in [3.05, 3.63) is 57.6 Å². The Kier molecular flexibility index (Phi) is 4.67. The molecule has 3 N–H and O–H groups in total. The average molecular weight is 325 g/mol. The van der Waals surface area contributed by atoms with Crippen molar-refractivity contribution in [3.63, 3.8) is 0 Å². The van der Waals surface area contributed by atoms with Gasteiger partial charge in [-0.15, -0.1) is 0 Å². The first-order valence-electron chi connectivity index (χ1n) is 5.78. The molecule has 108 valence electrons. The Morgan fingerprint density at radius 1 is 1.10 bits per heavy atom. The Labute approximate surface area is 130 Å². The summed E-state index contributed by atoms with van der Waals surface area (Å²) in [5.74, 6) is -0.500. The molecule has 0 bridgehead atoms. The number of nitrogens with one attached hydrogen (secondary N) is 1. The van der Waals surface area contributed by atoms with Crippen LogP contribution in [-0.2, 0) is 0 Å². The van der Waals surface area contributed by atoms with E-state index in [2.05, 4.69) is 10.5 Å². The molecule has 21 heavy (non-hydrogen) atoms. The lowest BCUT2D eigenvalue weighted by molar-refractivity contribution is 0.0955. The number of hydrogen-bond donors (Lipinski definition) is 3. The van der Waals surface area contributed by atoms with Gasteiger partial charge in [-0.2, -0.15) is 5.10 Å². The van der Waals surface area contributed by atoms with Gasteiger partial charge in [-0.1, -0.05) is 23.2 Å². The number of benzene rings is 2. The van der Waals surface area contributed by atoms with Gasteiger partial charge in [0, 0.05) is 17.2 Å². The maximum Gasteiger partial charge on any atom is 0.271 e. The highest BCUT2D eigenvalue weighted by Crippen LogP contribution is 2.28. The SMILES string of the molecule is O=C(N/N=C/c1cc(Cl)c(O)cc1Cl)c1ccc(O)cc1. The number of carbonyl (C=O) groups is 1. The van der Waals surface area contributed by atoms with Gasteiger partial charge in [0.25, 0.3) is 5.91 Å². The van der Waals surface area contributed by atoms with E-state index in [1.165, 1.54) is 42.6 Å². The summed E-state index contributed by atoms with van der Waals surface area (Å²) in [5.41, 5.74) is 3.11. The number of amides is 1.